The van der Waals surface area contributed by atoms with Crippen molar-refractivity contribution in [1.29, 1.82) is 0 Å². The molecule has 38 heavy (non-hydrogen) atoms. The first-order chi connectivity index (χ1) is 17.7. The van der Waals surface area contributed by atoms with Gasteiger partial charge in [0, 0.05) is 31.1 Å². The number of halogens is 4. The summed E-state index contributed by atoms with van der Waals surface area (Å²) in [6.45, 7) is 6.43. The molecule has 1 atom stereocenters. The second kappa shape index (κ2) is 14.6. The summed E-state index contributed by atoms with van der Waals surface area (Å²) in [4.78, 5) is 28.0. The van der Waals surface area contributed by atoms with Gasteiger partial charge in [-0.3, -0.25) is 13.9 Å². The predicted molar refractivity (Wildman–Crippen MR) is 157 cm³/mol. The number of amides is 2. The standard InChI is InChI=1S/C26H33Cl4N3O4S/c1-5-23(26(35)31-15-17(2)3)32(16-18-8-10-20(28)22(30)13-18)25(34)7-6-12-33(38(4,36)37)24-14-19(27)9-11-21(24)29/h8-11,13-14,17,23H,5-7,12,15-16H2,1-4H3,(H,31,35)/t23-/m1/s1. The lowest BCUT2D eigenvalue weighted by Crippen LogP contribution is -2.49. The fourth-order valence-electron chi connectivity index (χ4n) is 3.84. The van der Waals surface area contributed by atoms with Gasteiger partial charge in [-0.05, 0) is 54.7 Å². The van der Waals surface area contributed by atoms with E-state index in [9.17, 15) is 18.0 Å². The van der Waals surface area contributed by atoms with E-state index in [4.69, 9.17) is 46.4 Å². The van der Waals surface area contributed by atoms with E-state index in [0.717, 1.165) is 10.6 Å². The van der Waals surface area contributed by atoms with Crippen molar-refractivity contribution in [1.82, 2.24) is 10.2 Å². The van der Waals surface area contributed by atoms with Crippen molar-refractivity contribution in [3.8, 4) is 0 Å². The van der Waals surface area contributed by atoms with Gasteiger partial charge in [-0.25, -0.2) is 8.42 Å². The van der Waals surface area contributed by atoms with Crippen LogP contribution in [-0.4, -0.2) is 50.5 Å². The van der Waals surface area contributed by atoms with E-state index in [2.05, 4.69) is 5.32 Å². The van der Waals surface area contributed by atoms with Crippen molar-refractivity contribution in [2.75, 3.05) is 23.7 Å². The van der Waals surface area contributed by atoms with Gasteiger partial charge in [0.1, 0.15) is 6.04 Å². The molecule has 1 N–H and O–H groups in total. The number of carbonyl (C=O) groups excluding carboxylic acids is 2. The molecule has 0 unspecified atom stereocenters. The predicted octanol–water partition coefficient (Wildman–Crippen LogP) is 6.43. The molecule has 2 amide bonds. The van der Waals surface area contributed by atoms with Crippen LogP contribution in [0.2, 0.25) is 20.1 Å². The van der Waals surface area contributed by atoms with Gasteiger partial charge in [-0.2, -0.15) is 0 Å². The Morgan fingerprint density at radius 1 is 0.974 bits per heavy atom. The number of anilines is 1. The van der Waals surface area contributed by atoms with Gasteiger partial charge in [0.2, 0.25) is 21.8 Å². The molecule has 210 valence electrons. The average Bonchev–Trinajstić information content (AvgIpc) is 2.83. The maximum absolute atomic E-state index is 13.5. The lowest BCUT2D eigenvalue weighted by atomic mass is 10.1. The van der Waals surface area contributed by atoms with E-state index in [1.54, 1.807) is 24.3 Å². The van der Waals surface area contributed by atoms with Gasteiger partial charge in [0.05, 0.1) is 27.0 Å². The zero-order valence-corrected chi connectivity index (χ0v) is 25.6. The summed E-state index contributed by atoms with van der Waals surface area (Å²) in [5.41, 5.74) is 0.951. The van der Waals surface area contributed by atoms with Gasteiger partial charge in [-0.1, -0.05) is 73.2 Å². The van der Waals surface area contributed by atoms with Crippen LogP contribution in [0.15, 0.2) is 36.4 Å². The molecule has 0 saturated heterocycles. The van der Waals surface area contributed by atoms with E-state index in [0.29, 0.717) is 33.6 Å². The van der Waals surface area contributed by atoms with Crippen molar-refractivity contribution in [3.63, 3.8) is 0 Å². The highest BCUT2D eigenvalue weighted by Crippen LogP contribution is 2.31. The highest BCUT2D eigenvalue weighted by atomic mass is 35.5. The van der Waals surface area contributed by atoms with E-state index < -0.39 is 16.1 Å². The summed E-state index contributed by atoms with van der Waals surface area (Å²) in [6, 6.07) is 8.88. The maximum Gasteiger partial charge on any atom is 0.242 e. The van der Waals surface area contributed by atoms with Crippen LogP contribution in [0.4, 0.5) is 5.69 Å². The fourth-order valence-corrected chi connectivity index (χ4v) is 5.56. The molecule has 2 aromatic carbocycles. The van der Waals surface area contributed by atoms with Crippen LogP contribution in [0.3, 0.4) is 0 Å². The zero-order valence-electron chi connectivity index (χ0n) is 21.8. The molecule has 0 bridgehead atoms. The molecule has 0 saturated carbocycles. The second-order valence-electron chi connectivity index (χ2n) is 9.37. The number of benzene rings is 2. The number of sulfonamides is 1. The first-order valence-electron chi connectivity index (χ1n) is 12.2. The van der Waals surface area contributed by atoms with Crippen molar-refractivity contribution in [2.24, 2.45) is 5.92 Å². The SMILES string of the molecule is CC[C@H](C(=O)NCC(C)C)N(Cc1ccc(Cl)c(Cl)c1)C(=O)CCCN(c1cc(Cl)ccc1Cl)S(C)(=O)=O. The third-order valence-corrected chi connectivity index (χ3v) is 8.21. The Balaban J connectivity index is 2.27. The average molecular weight is 625 g/mol. The van der Waals surface area contributed by atoms with Crippen LogP contribution >= 0.6 is 46.4 Å². The number of hydrogen-bond donors (Lipinski definition) is 1. The minimum atomic E-state index is -3.71. The molecule has 2 aromatic rings. The highest BCUT2D eigenvalue weighted by Gasteiger charge is 2.29. The molecular formula is C26H33Cl4N3O4S. The topological polar surface area (TPSA) is 86.8 Å². The first kappa shape index (κ1) is 32.5. The van der Waals surface area contributed by atoms with Gasteiger partial charge >= 0.3 is 0 Å². The number of nitrogens with zero attached hydrogens (tertiary/aromatic N) is 2. The molecule has 2 rings (SSSR count). The molecule has 0 heterocycles. The summed E-state index contributed by atoms with van der Waals surface area (Å²) in [6.07, 6.45) is 1.65. The van der Waals surface area contributed by atoms with E-state index in [-0.39, 0.29) is 54.4 Å². The van der Waals surface area contributed by atoms with Crippen LogP contribution in [0.25, 0.3) is 0 Å². The summed E-state index contributed by atoms with van der Waals surface area (Å²) >= 11 is 24.5. The van der Waals surface area contributed by atoms with Gasteiger partial charge in [-0.15, -0.1) is 0 Å². The molecule has 0 radical (unpaired) electrons. The van der Waals surface area contributed by atoms with Crippen LogP contribution in [0.5, 0.6) is 0 Å². The Morgan fingerprint density at radius 3 is 2.21 bits per heavy atom. The summed E-state index contributed by atoms with van der Waals surface area (Å²) in [5.74, 6) is -0.303. The number of hydrogen-bond acceptors (Lipinski definition) is 4. The number of rotatable bonds is 13. The highest BCUT2D eigenvalue weighted by molar-refractivity contribution is 7.92. The molecule has 0 fully saturated rings. The Hall–Kier alpha value is -1.71. The van der Waals surface area contributed by atoms with Crippen molar-refractivity contribution in [3.05, 3.63) is 62.1 Å². The van der Waals surface area contributed by atoms with E-state index in [1.807, 2.05) is 20.8 Å². The summed E-state index contributed by atoms with van der Waals surface area (Å²) in [5, 5.41) is 4.19. The molecular weight excluding hydrogens is 592 g/mol. The van der Waals surface area contributed by atoms with Gasteiger partial charge < -0.3 is 10.2 Å². The van der Waals surface area contributed by atoms with Crippen molar-refractivity contribution >= 4 is 73.9 Å². The molecule has 0 aliphatic carbocycles. The molecule has 0 aromatic heterocycles. The quantitative estimate of drug-likeness (QED) is 0.278. The minimum absolute atomic E-state index is 0.000509. The smallest absolute Gasteiger partial charge is 0.242 e. The molecule has 0 aliphatic rings. The van der Waals surface area contributed by atoms with Crippen molar-refractivity contribution < 1.29 is 18.0 Å². The van der Waals surface area contributed by atoms with E-state index in [1.165, 1.54) is 17.0 Å². The summed E-state index contributed by atoms with van der Waals surface area (Å²) in [7, 11) is -3.71. The number of nitrogens with one attached hydrogen (secondary N) is 1. The maximum atomic E-state index is 13.5. The third-order valence-electron chi connectivity index (χ3n) is 5.74. The van der Waals surface area contributed by atoms with Crippen LogP contribution < -0.4 is 9.62 Å². The third kappa shape index (κ3) is 9.49. The number of carbonyl (C=O) groups is 2. The van der Waals surface area contributed by atoms with E-state index >= 15 is 0 Å². The normalized spacial score (nSPS) is 12.3. The summed E-state index contributed by atoms with van der Waals surface area (Å²) < 4.78 is 26.2. The Morgan fingerprint density at radius 2 is 1.63 bits per heavy atom. The lowest BCUT2D eigenvalue weighted by Gasteiger charge is -2.31. The monoisotopic (exact) mass is 623 g/mol. The van der Waals surface area contributed by atoms with Gasteiger partial charge in [0.25, 0.3) is 0 Å². The van der Waals surface area contributed by atoms with Crippen LogP contribution in [0, 0.1) is 5.92 Å². The minimum Gasteiger partial charge on any atom is -0.354 e. The second-order valence-corrected chi connectivity index (χ2v) is 12.9. The molecule has 7 nitrogen and oxygen atoms in total. The molecule has 12 heteroatoms. The first-order valence-corrected chi connectivity index (χ1v) is 15.5. The Bertz CT molecular complexity index is 1240. The van der Waals surface area contributed by atoms with Crippen molar-refractivity contribution in [2.45, 2.75) is 52.6 Å². The largest absolute Gasteiger partial charge is 0.354 e. The molecule has 0 spiro atoms. The fraction of sp³-hybridized carbons (Fsp3) is 0.462. The van der Waals surface area contributed by atoms with Crippen LogP contribution in [-0.2, 0) is 26.2 Å². The zero-order chi connectivity index (χ0) is 28.6. The van der Waals surface area contributed by atoms with Crippen LogP contribution in [0.1, 0.15) is 45.6 Å². The lowest BCUT2D eigenvalue weighted by molar-refractivity contribution is -0.141. The van der Waals surface area contributed by atoms with Gasteiger partial charge in [0.15, 0.2) is 0 Å². The Labute approximate surface area is 245 Å². The Kier molecular flexibility index (Phi) is 12.5. The molecule has 0 aliphatic heterocycles.